The summed E-state index contributed by atoms with van der Waals surface area (Å²) in [6.07, 6.45) is -0.646. The predicted octanol–water partition coefficient (Wildman–Crippen LogP) is 2.66. The van der Waals surface area contributed by atoms with E-state index in [1.807, 2.05) is 30.3 Å². The Labute approximate surface area is 103 Å². The molecule has 3 N–H and O–H groups in total. The molecule has 3 rings (SSSR count). The van der Waals surface area contributed by atoms with Gasteiger partial charge in [0.1, 0.15) is 0 Å². The van der Waals surface area contributed by atoms with Gasteiger partial charge in [0.2, 0.25) is 0 Å². The molecule has 0 saturated heterocycles. The summed E-state index contributed by atoms with van der Waals surface area (Å²) in [4.78, 5) is 0. The quantitative estimate of drug-likeness (QED) is 0.859. The summed E-state index contributed by atoms with van der Waals surface area (Å²) in [7, 11) is 0. The van der Waals surface area contributed by atoms with E-state index in [4.69, 9.17) is 5.73 Å². The van der Waals surface area contributed by atoms with Gasteiger partial charge >= 0.3 is 0 Å². The lowest BCUT2D eigenvalue weighted by molar-refractivity contribution is -0.126. The lowest BCUT2D eigenvalue weighted by Gasteiger charge is -2.43. The zero-order valence-electron chi connectivity index (χ0n) is 9.66. The topological polar surface area (TPSA) is 54.7 Å². The van der Waals surface area contributed by atoms with E-state index in [0.717, 1.165) is 11.3 Å². The molecule has 1 aromatic heterocycles. The van der Waals surface area contributed by atoms with Crippen LogP contribution in [0.3, 0.4) is 0 Å². The fourth-order valence-electron chi connectivity index (χ4n) is 2.40. The second kappa shape index (κ2) is 3.62. The standard InChI is InChI=1S/C13H13F2N3/c14-13(15)7-12(16,8-13)11-6-10(17-18-11)9-4-2-1-3-5-9/h1-6H,7-8,16H2,(H,17,18). The Kier molecular flexibility index (Phi) is 2.28. The zero-order chi connectivity index (χ0) is 12.8. The Morgan fingerprint density at radius 3 is 2.44 bits per heavy atom. The van der Waals surface area contributed by atoms with E-state index in [2.05, 4.69) is 10.2 Å². The number of hydrogen-bond donors (Lipinski definition) is 2. The zero-order valence-corrected chi connectivity index (χ0v) is 9.66. The van der Waals surface area contributed by atoms with Crippen molar-refractivity contribution in [3.8, 4) is 11.3 Å². The van der Waals surface area contributed by atoms with Gasteiger partial charge in [-0.1, -0.05) is 30.3 Å². The number of aromatic nitrogens is 2. The van der Waals surface area contributed by atoms with Gasteiger partial charge in [0, 0.05) is 18.4 Å². The first-order valence-electron chi connectivity index (χ1n) is 5.77. The molecule has 1 heterocycles. The van der Waals surface area contributed by atoms with Crippen molar-refractivity contribution in [3.05, 3.63) is 42.1 Å². The van der Waals surface area contributed by atoms with Crippen LogP contribution in [0, 0.1) is 0 Å². The number of nitrogens with one attached hydrogen (secondary N) is 1. The van der Waals surface area contributed by atoms with Crippen LogP contribution in [0.2, 0.25) is 0 Å². The maximum absolute atomic E-state index is 12.9. The van der Waals surface area contributed by atoms with Crippen LogP contribution < -0.4 is 5.73 Å². The summed E-state index contributed by atoms with van der Waals surface area (Å²) in [5.74, 6) is -2.65. The monoisotopic (exact) mass is 249 g/mol. The first-order valence-corrected chi connectivity index (χ1v) is 5.77. The molecule has 94 valence electrons. The van der Waals surface area contributed by atoms with Crippen molar-refractivity contribution in [2.75, 3.05) is 0 Å². The number of aromatic amines is 1. The van der Waals surface area contributed by atoms with Crippen molar-refractivity contribution in [3.63, 3.8) is 0 Å². The molecule has 0 amide bonds. The average Bonchev–Trinajstić information content (AvgIpc) is 2.77. The summed E-state index contributed by atoms with van der Waals surface area (Å²) in [5.41, 5.74) is 7.21. The van der Waals surface area contributed by atoms with Crippen LogP contribution in [0.1, 0.15) is 18.5 Å². The number of hydrogen-bond acceptors (Lipinski definition) is 2. The fraction of sp³-hybridized carbons (Fsp3) is 0.308. The summed E-state index contributed by atoms with van der Waals surface area (Å²) in [6.45, 7) is 0. The maximum Gasteiger partial charge on any atom is 0.252 e. The van der Waals surface area contributed by atoms with Crippen LogP contribution in [-0.4, -0.2) is 16.1 Å². The van der Waals surface area contributed by atoms with Gasteiger partial charge in [-0.2, -0.15) is 5.10 Å². The van der Waals surface area contributed by atoms with Crippen LogP contribution in [0.4, 0.5) is 8.78 Å². The lowest BCUT2D eigenvalue weighted by Crippen LogP contribution is -2.55. The van der Waals surface area contributed by atoms with Gasteiger partial charge < -0.3 is 5.73 Å². The van der Waals surface area contributed by atoms with Crippen molar-refractivity contribution < 1.29 is 8.78 Å². The van der Waals surface area contributed by atoms with Crippen LogP contribution in [0.5, 0.6) is 0 Å². The van der Waals surface area contributed by atoms with Gasteiger partial charge in [0.25, 0.3) is 5.92 Å². The Bertz CT molecular complexity index is 555. The van der Waals surface area contributed by atoms with E-state index >= 15 is 0 Å². The Hall–Kier alpha value is -1.75. The summed E-state index contributed by atoms with van der Waals surface area (Å²) in [6, 6.07) is 11.3. The van der Waals surface area contributed by atoms with Crippen LogP contribution in [0.15, 0.2) is 36.4 Å². The van der Waals surface area contributed by atoms with E-state index in [-0.39, 0.29) is 12.8 Å². The van der Waals surface area contributed by atoms with Crippen molar-refractivity contribution in [2.24, 2.45) is 5.73 Å². The number of nitrogens with two attached hydrogens (primary N) is 1. The van der Waals surface area contributed by atoms with Gasteiger partial charge in [-0.25, -0.2) is 8.78 Å². The van der Waals surface area contributed by atoms with E-state index in [9.17, 15) is 8.78 Å². The van der Waals surface area contributed by atoms with E-state index < -0.39 is 11.5 Å². The van der Waals surface area contributed by atoms with Gasteiger partial charge in [-0.3, -0.25) is 5.10 Å². The highest BCUT2D eigenvalue weighted by Crippen LogP contribution is 2.49. The third-order valence-corrected chi connectivity index (χ3v) is 3.33. The molecule has 1 aliphatic carbocycles. The van der Waals surface area contributed by atoms with Crippen LogP contribution in [-0.2, 0) is 5.54 Å². The molecule has 1 aliphatic rings. The van der Waals surface area contributed by atoms with Gasteiger partial charge in [-0.15, -0.1) is 0 Å². The Morgan fingerprint density at radius 2 is 1.83 bits per heavy atom. The van der Waals surface area contributed by atoms with E-state index in [0.29, 0.717) is 5.69 Å². The molecule has 1 aromatic carbocycles. The molecule has 3 nitrogen and oxygen atoms in total. The van der Waals surface area contributed by atoms with Crippen molar-refractivity contribution in [1.29, 1.82) is 0 Å². The summed E-state index contributed by atoms with van der Waals surface area (Å²) >= 11 is 0. The highest BCUT2D eigenvalue weighted by atomic mass is 19.3. The highest BCUT2D eigenvalue weighted by molar-refractivity contribution is 5.59. The third kappa shape index (κ3) is 1.80. The smallest absolute Gasteiger partial charge is 0.252 e. The molecule has 0 spiro atoms. The van der Waals surface area contributed by atoms with Crippen LogP contribution in [0.25, 0.3) is 11.3 Å². The second-order valence-electron chi connectivity index (χ2n) is 4.90. The molecule has 1 fully saturated rings. The van der Waals surface area contributed by atoms with Crippen molar-refractivity contribution >= 4 is 0 Å². The Balaban J connectivity index is 1.87. The number of nitrogens with zero attached hydrogens (tertiary/aromatic N) is 1. The molecule has 0 atom stereocenters. The minimum atomic E-state index is -2.65. The molecule has 0 bridgehead atoms. The van der Waals surface area contributed by atoms with E-state index in [1.54, 1.807) is 6.07 Å². The molecule has 2 aromatic rings. The molecule has 0 radical (unpaired) electrons. The number of halogens is 2. The predicted molar refractivity (Wildman–Crippen MR) is 64.1 cm³/mol. The second-order valence-corrected chi connectivity index (χ2v) is 4.90. The number of rotatable bonds is 2. The maximum atomic E-state index is 12.9. The lowest BCUT2D eigenvalue weighted by atomic mass is 9.72. The molecule has 5 heteroatoms. The number of benzene rings is 1. The molecular weight excluding hydrogens is 236 g/mol. The Morgan fingerprint density at radius 1 is 1.17 bits per heavy atom. The van der Waals surface area contributed by atoms with Gasteiger partial charge in [-0.05, 0) is 6.07 Å². The fourth-order valence-corrected chi connectivity index (χ4v) is 2.40. The molecular formula is C13H13F2N3. The minimum absolute atomic E-state index is 0.323. The summed E-state index contributed by atoms with van der Waals surface area (Å²) < 4.78 is 25.9. The first-order chi connectivity index (χ1) is 8.49. The first kappa shape index (κ1) is 11.3. The van der Waals surface area contributed by atoms with Gasteiger partial charge in [0.15, 0.2) is 0 Å². The molecule has 0 unspecified atom stereocenters. The largest absolute Gasteiger partial charge is 0.320 e. The SMILES string of the molecule is NC1(c2cc(-c3ccccc3)n[nH]2)CC(F)(F)C1. The molecule has 0 aliphatic heterocycles. The molecule has 18 heavy (non-hydrogen) atoms. The normalized spacial score (nSPS) is 20.4. The summed E-state index contributed by atoms with van der Waals surface area (Å²) in [5, 5.41) is 6.91. The van der Waals surface area contributed by atoms with E-state index in [1.165, 1.54) is 0 Å². The average molecular weight is 249 g/mol. The minimum Gasteiger partial charge on any atom is -0.320 e. The third-order valence-electron chi connectivity index (χ3n) is 3.33. The van der Waals surface area contributed by atoms with Crippen molar-refractivity contribution in [2.45, 2.75) is 24.3 Å². The highest BCUT2D eigenvalue weighted by Gasteiger charge is 2.56. The van der Waals surface area contributed by atoms with Gasteiger partial charge in [0.05, 0.1) is 16.9 Å². The van der Waals surface area contributed by atoms with Crippen LogP contribution >= 0.6 is 0 Å². The number of alkyl halides is 2. The van der Waals surface area contributed by atoms with Crippen molar-refractivity contribution in [1.82, 2.24) is 10.2 Å². The number of H-pyrrole nitrogens is 1. The molecule has 1 saturated carbocycles.